The second-order valence-electron chi connectivity index (χ2n) is 13.3. The van der Waals surface area contributed by atoms with Gasteiger partial charge in [0.2, 0.25) is 0 Å². The van der Waals surface area contributed by atoms with Crippen LogP contribution in [0.15, 0.2) is 50.3 Å². The van der Waals surface area contributed by atoms with Gasteiger partial charge in [-0.2, -0.15) is 5.26 Å². The first kappa shape index (κ1) is 51.8. The summed E-state index contributed by atoms with van der Waals surface area (Å²) in [5.74, 6) is -3.35. The van der Waals surface area contributed by atoms with E-state index >= 15 is 0 Å². The number of halogens is 8. The van der Waals surface area contributed by atoms with Gasteiger partial charge in [0, 0.05) is 20.1 Å². The number of amidine groups is 1. The summed E-state index contributed by atoms with van der Waals surface area (Å²) in [6.07, 6.45) is 0. The highest BCUT2D eigenvalue weighted by Crippen LogP contribution is 2.39. The number of hydrogen-bond donors (Lipinski definition) is 2. The van der Waals surface area contributed by atoms with E-state index in [-0.39, 0.29) is 49.2 Å². The Kier molecular flexibility index (Phi) is 18.6. The molecule has 1 aliphatic heterocycles. The lowest BCUT2D eigenvalue weighted by molar-refractivity contribution is 0.303. The molecule has 0 saturated carbocycles. The van der Waals surface area contributed by atoms with E-state index in [1.54, 1.807) is 26.8 Å². The van der Waals surface area contributed by atoms with Crippen LogP contribution in [0.3, 0.4) is 0 Å². The first-order valence-electron chi connectivity index (χ1n) is 14.1. The lowest BCUT2D eigenvalue weighted by atomic mass is 9.92. The highest BCUT2D eigenvalue weighted by molar-refractivity contribution is 9.10. The number of rotatable bonds is 9. The number of sulfone groups is 2. The van der Waals surface area contributed by atoms with Crippen LogP contribution in [-0.4, -0.2) is 66.0 Å². The lowest BCUT2D eigenvalue weighted by Gasteiger charge is -2.38. The van der Waals surface area contributed by atoms with E-state index in [1.807, 2.05) is 0 Å². The fourth-order valence-electron chi connectivity index (χ4n) is 4.25. The molecule has 292 valence electrons. The summed E-state index contributed by atoms with van der Waals surface area (Å²) >= 11 is 6.33. The van der Waals surface area contributed by atoms with Gasteiger partial charge in [0.05, 0.1) is 33.3 Å². The molecule has 2 aromatic carbocycles. The predicted molar refractivity (Wildman–Crippen MR) is 209 cm³/mol. The number of hydrogen-bond acceptors (Lipinski definition) is 8. The third-order valence-electron chi connectivity index (χ3n) is 7.81. The Hall–Kier alpha value is -1.33. The number of alkyl halides is 2. The summed E-state index contributed by atoms with van der Waals surface area (Å²) in [6.45, 7) is 7.52. The molecule has 0 aliphatic carbocycles. The maximum atomic E-state index is 14.6. The molecule has 2 aromatic rings. The van der Waals surface area contributed by atoms with Crippen LogP contribution in [-0.2, 0) is 41.7 Å². The van der Waals surface area contributed by atoms with Gasteiger partial charge in [-0.1, -0.05) is 39.3 Å². The standard InChI is InChI=1S/C17H23BrF2N2O3S2.C13H15BrF2N2O2S.CH4.2ClH/c1-15(2,3)26(23)22-17(9-19,11-27(24,25)16(4,5)10-21)13-8-12(18)6-7-14(13)20;1-12(2)11(17)18-13(6-15,7-21(12,19)20)9-5-8(14)3-4-10(9)16;;;/h6-8,22H,9,11H2,1-5H3;3-5H,6-7H2,1-2H3,(H2,17,18);1H4;2*1H. The Morgan fingerprint density at radius 3 is 1.94 bits per heavy atom. The Morgan fingerprint density at radius 1 is 1.02 bits per heavy atom. The number of nitrogens with zero attached hydrogens (tertiary/aromatic N) is 2. The van der Waals surface area contributed by atoms with Crippen LogP contribution in [0.1, 0.15) is 67.0 Å². The molecule has 20 heteroatoms. The number of benzene rings is 2. The van der Waals surface area contributed by atoms with E-state index in [9.17, 15) is 43.9 Å². The summed E-state index contributed by atoms with van der Waals surface area (Å²) in [4.78, 5) is 4.03. The monoisotopic (exact) mass is 952 g/mol. The van der Waals surface area contributed by atoms with E-state index in [1.165, 1.54) is 52.0 Å². The Labute approximate surface area is 330 Å². The van der Waals surface area contributed by atoms with Crippen molar-refractivity contribution in [3.63, 3.8) is 0 Å². The largest absolute Gasteiger partial charge is 0.386 e. The van der Waals surface area contributed by atoms with Crippen LogP contribution >= 0.6 is 56.7 Å². The number of aliphatic imine (C=N–C) groups is 1. The maximum absolute atomic E-state index is 14.6. The molecular formula is C31H44Br2Cl2F4N4O5S3. The van der Waals surface area contributed by atoms with Crippen molar-refractivity contribution in [2.45, 2.75) is 81.2 Å². The highest BCUT2D eigenvalue weighted by atomic mass is 79.9. The van der Waals surface area contributed by atoms with Gasteiger partial charge >= 0.3 is 0 Å². The average Bonchev–Trinajstić information content (AvgIpc) is 2.97. The first-order chi connectivity index (χ1) is 21.7. The molecule has 3 unspecified atom stereocenters. The van der Waals surface area contributed by atoms with Crippen molar-refractivity contribution < 1.29 is 38.6 Å². The average molecular weight is 956 g/mol. The van der Waals surface area contributed by atoms with E-state index in [4.69, 9.17) is 5.73 Å². The van der Waals surface area contributed by atoms with Crippen molar-refractivity contribution in [1.82, 2.24) is 4.72 Å². The molecule has 0 radical (unpaired) electrons. The smallest absolute Gasteiger partial charge is 0.171 e. The lowest BCUT2D eigenvalue weighted by Crippen LogP contribution is -2.56. The fraction of sp³-hybridized carbons (Fsp3) is 0.548. The van der Waals surface area contributed by atoms with Crippen molar-refractivity contribution in [1.29, 1.82) is 5.26 Å². The number of nitrogens with two attached hydrogens (primary N) is 1. The van der Waals surface area contributed by atoms with Crippen LogP contribution in [0.5, 0.6) is 0 Å². The summed E-state index contributed by atoms with van der Waals surface area (Å²) < 4.78 is 119. The minimum Gasteiger partial charge on any atom is -0.386 e. The second kappa shape index (κ2) is 18.3. The van der Waals surface area contributed by atoms with E-state index in [0.29, 0.717) is 8.95 Å². The summed E-state index contributed by atoms with van der Waals surface area (Å²) in [5.41, 5.74) is 1.36. The van der Waals surface area contributed by atoms with E-state index in [2.05, 4.69) is 41.6 Å². The quantitative estimate of drug-likeness (QED) is 0.249. The molecule has 1 heterocycles. The molecule has 0 aromatic heterocycles. The minimum atomic E-state index is -4.23. The van der Waals surface area contributed by atoms with Crippen molar-refractivity contribution >= 4 is 93.2 Å². The van der Waals surface area contributed by atoms with Crippen molar-refractivity contribution in [2.75, 3.05) is 24.9 Å². The fourth-order valence-corrected chi connectivity index (χ4v) is 9.07. The number of nitrogens with one attached hydrogen (secondary N) is 1. The van der Waals surface area contributed by atoms with Gasteiger partial charge in [0.15, 0.2) is 24.4 Å². The first-order valence-corrected chi connectivity index (χ1v) is 20.2. The molecular weight excluding hydrogens is 911 g/mol. The van der Waals surface area contributed by atoms with Crippen LogP contribution in [0, 0.1) is 23.0 Å². The van der Waals surface area contributed by atoms with Crippen molar-refractivity contribution in [2.24, 2.45) is 10.7 Å². The molecule has 0 fully saturated rings. The molecule has 9 nitrogen and oxygen atoms in total. The molecule has 0 bridgehead atoms. The zero-order chi connectivity index (χ0) is 37.3. The Bertz CT molecular complexity index is 1880. The van der Waals surface area contributed by atoms with Crippen LogP contribution in [0.25, 0.3) is 0 Å². The van der Waals surface area contributed by atoms with E-state index < -0.39 is 92.5 Å². The van der Waals surface area contributed by atoms with Gasteiger partial charge < -0.3 is 5.73 Å². The normalized spacial score (nSPS) is 19.9. The van der Waals surface area contributed by atoms with Gasteiger partial charge in [-0.05, 0) is 84.9 Å². The summed E-state index contributed by atoms with van der Waals surface area (Å²) in [5, 5.41) is 9.19. The molecule has 0 spiro atoms. The molecule has 3 rings (SSSR count). The van der Waals surface area contributed by atoms with Gasteiger partial charge in [0.1, 0.15) is 46.6 Å². The molecule has 51 heavy (non-hydrogen) atoms. The second-order valence-corrected chi connectivity index (χ2v) is 22.1. The maximum Gasteiger partial charge on any atom is 0.171 e. The highest BCUT2D eigenvalue weighted by Gasteiger charge is 2.52. The number of nitriles is 1. The SMILES string of the molecule is C.CC(C)(C)S(=O)NC(CF)(CS(=O)(=O)C(C)(C)C#N)c1cc(Br)ccc1F.CC1(C)C(N)=NC(CF)(c2cc(Br)ccc2F)CS1(=O)=O.Cl.Cl. The predicted octanol–water partition coefficient (Wildman–Crippen LogP) is 7.32. The molecule has 1 aliphatic rings. The van der Waals surface area contributed by atoms with Crippen LogP contribution < -0.4 is 10.5 Å². The zero-order valence-electron chi connectivity index (χ0n) is 28.1. The third kappa shape index (κ3) is 11.1. The molecule has 3 atom stereocenters. The topological polar surface area (TPSA) is 160 Å². The van der Waals surface area contributed by atoms with Gasteiger partial charge in [0.25, 0.3) is 0 Å². The third-order valence-corrected chi connectivity index (χ3v) is 15.6. The molecule has 3 N–H and O–H groups in total. The van der Waals surface area contributed by atoms with Crippen molar-refractivity contribution in [3.05, 3.63) is 68.1 Å². The molecule has 0 amide bonds. The Balaban J connectivity index is 0. The summed E-state index contributed by atoms with van der Waals surface area (Å²) in [7, 11) is -9.92. The van der Waals surface area contributed by atoms with Gasteiger partial charge in [-0.25, -0.2) is 43.3 Å². The van der Waals surface area contributed by atoms with Crippen molar-refractivity contribution in [3.8, 4) is 6.07 Å². The van der Waals surface area contributed by atoms with Crippen LogP contribution in [0.2, 0.25) is 0 Å². The van der Waals surface area contributed by atoms with Gasteiger partial charge in [-0.3, -0.25) is 4.99 Å². The van der Waals surface area contributed by atoms with E-state index in [0.717, 1.165) is 12.1 Å². The minimum absolute atomic E-state index is 0. The zero-order valence-corrected chi connectivity index (χ0v) is 35.4. The molecule has 0 saturated heterocycles. The van der Waals surface area contributed by atoms with Gasteiger partial charge in [-0.15, -0.1) is 24.8 Å². The Morgan fingerprint density at radius 2 is 1.51 bits per heavy atom. The summed E-state index contributed by atoms with van der Waals surface area (Å²) in [6, 6.07) is 9.28. The van der Waals surface area contributed by atoms with Crippen LogP contribution in [0.4, 0.5) is 17.6 Å².